The van der Waals surface area contributed by atoms with E-state index in [0.29, 0.717) is 6.54 Å². The number of hydrogen-bond donors (Lipinski definition) is 2. The molecule has 0 heterocycles. The first kappa shape index (κ1) is 10.7. The van der Waals surface area contributed by atoms with Crippen LogP contribution in [0.25, 0.3) is 0 Å². The molecule has 0 aliphatic rings. The van der Waals surface area contributed by atoms with Gasteiger partial charge in [-0.15, -0.1) is 0 Å². The summed E-state index contributed by atoms with van der Waals surface area (Å²) in [4.78, 5) is 12.8. The van der Waals surface area contributed by atoms with E-state index in [9.17, 15) is 4.79 Å². The topological polar surface area (TPSA) is 68.2 Å². The number of carbonyl (C=O) groups is 1. The van der Waals surface area contributed by atoms with Gasteiger partial charge in [0.15, 0.2) is 0 Å². The largest absolute Gasteiger partial charge is 0.337 e. The van der Waals surface area contributed by atoms with Crippen LogP contribution in [0.2, 0.25) is 0 Å². The fraction of sp³-hybridized carbons (Fsp3) is 0.714. The molecule has 2 N–H and O–H groups in total. The maximum atomic E-state index is 10.8. The molecule has 0 rings (SSSR count). The first-order chi connectivity index (χ1) is 5.66. The zero-order valence-corrected chi connectivity index (χ0v) is 7.42. The van der Waals surface area contributed by atoms with Crippen molar-refractivity contribution in [1.82, 2.24) is 15.5 Å². The molecular weight excluding hydrogens is 156 g/mol. The van der Waals surface area contributed by atoms with Gasteiger partial charge in [0.05, 0.1) is 6.07 Å². The molecule has 0 bridgehead atoms. The molecule has 0 aliphatic heterocycles. The highest BCUT2D eigenvalue weighted by atomic mass is 16.2. The summed E-state index contributed by atoms with van der Waals surface area (Å²) in [6, 6.07) is 1.52. The molecule has 5 heteroatoms. The van der Waals surface area contributed by atoms with Crippen molar-refractivity contribution in [3.63, 3.8) is 0 Å². The number of nitrogens with one attached hydrogen (secondary N) is 2. The molecule has 0 fully saturated rings. The highest BCUT2D eigenvalue weighted by molar-refractivity contribution is 5.73. The quantitative estimate of drug-likeness (QED) is 0.552. The normalized spacial score (nSPS) is 9.17. The summed E-state index contributed by atoms with van der Waals surface area (Å²) in [6.07, 6.45) is 0. The lowest BCUT2D eigenvalue weighted by Gasteiger charge is -2.09. The monoisotopic (exact) mass is 170 g/mol. The van der Waals surface area contributed by atoms with Crippen LogP contribution in [0.4, 0.5) is 4.79 Å². The van der Waals surface area contributed by atoms with E-state index in [1.54, 1.807) is 0 Å². The predicted molar refractivity (Wildman–Crippen MR) is 45.6 cm³/mol. The molecule has 68 valence electrons. The summed E-state index contributed by atoms with van der Waals surface area (Å²) >= 11 is 0. The summed E-state index contributed by atoms with van der Waals surface area (Å²) in [5.74, 6) is 0. The van der Waals surface area contributed by atoms with Crippen LogP contribution >= 0.6 is 0 Å². The van der Waals surface area contributed by atoms with E-state index in [1.165, 1.54) is 0 Å². The van der Waals surface area contributed by atoms with Gasteiger partial charge in [-0.3, -0.25) is 0 Å². The Balaban J connectivity index is 3.27. The third kappa shape index (κ3) is 6.83. The lowest BCUT2D eigenvalue weighted by atomic mass is 10.6. The van der Waals surface area contributed by atoms with Crippen molar-refractivity contribution in [2.75, 3.05) is 33.7 Å². The molecule has 0 atom stereocenters. The van der Waals surface area contributed by atoms with Gasteiger partial charge in [0, 0.05) is 13.1 Å². The van der Waals surface area contributed by atoms with Gasteiger partial charge >= 0.3 is 6.03 Å². The van der Waals surface area contributed by atoms with Gasteiger partial charge in [-0.05, 0) is 14.1 Å². The van der Waals surface area contributed by atoms with Crippen molar-refractivity contribution in [3.05, 3.63) is 0 Å². The molecule has 12 heavy (non-hydrogen) atoms. The highest BCUT2D eigenvalue weighted by Gasteiger charge is 1.96. The second-order valence-electron chi connectivity index (χ2n) is 2.57. The molecule has 0 saturated carbocycles. The molecule has 0 radical (unpaired) electrons. The summed E-state index contributed by atoms with van der Waals surface area (Å²) < 4.78 is 0. The van der Waals surface area contributed by atoms with Crippen LogP contribution in [-0.4, -0.2) is 44.7 Å². The Bertz CT molecular complexity index is 173. The lowest BCUT2D eigenvalue weighted by molar-refractivity contribution is 0.240. The molecule has 0 saturated heterocycles. The molecule has 0 aliphatic carbocycles. The molecule has 2 amide bonds. The van der Waals surface area contributed by atoms with Crippen LogP contribution in [0.1, 0.15) is 0 Å². The van der Waals surface area contributed by atoms with Gasteiger partial charge in [0.2, 0.25) is 0 Å². The van der Waals surface area contributed by atoms with E-state index in [4.69, 9.17) is 5.26 Å². The van der Waals surface area contributed by atoms with Crippen LogP contribution in [0, 0.1) is 11.3 Å². The van der Waals surface area contributed by atoms with Crippen LogP contribution < -0.4 is 10.6 Å². The Morgan fingerprint density at radius 2 is 2.17 bits per heavy atom. The number of carbonyl (C=O) groups excluding carboxylic acids is 1. The minimum absolute atomic E-state index is 0.0494. The molecular formula is C7H14N4O. The first-order valence-corrected chi connectivity index (χ1v) is 3.70. The summed E-state index contributed by atoms with van der Waals surface area (Å²) in [6.45, 7) is 1.43. The average Bonchev–Trinajstić information content (AvgIpc) is 2.00. The molecule has 0 unspecified atom stereocenters. The summed E-state index contributed by atoms with van der Waals surface area (Å²) in [5, 5.41) is 13.1. The van der Waals surface area contributed by atoms with E-state index in [2.05, 4.69) is 10.6 Å². The van der Waals surface area contributed by atoms with Gasteiger partial charge in [-0.25, -0.2) is 4.79 Å². The minimum Gasteiger partial charge on any atom is -0.337 e. The van der Waals surface area contributed by atoms with Gasteiger partial charge in [0.1, 0.15) is 6.54 Å². The summed E-state index contributed by atoms with van der Waals surface area (Å²) in [7, 11) is 3.85. The van der Waals surface area contributed by atoms with E-state index in [-0.39, 0.29) is 12.6 Å². The lowest BCUT2D eigenvalue weighted by Crippen LogP contribution is -2.39. The maximum absolute atomic E-state index is 10.8. The van der Waals surface area contributed by atoms with E-state index in [1.807, 2.05) is 25.1 Å². The fourth-order valence-electron chi connectivity index (χ4n) is 0.575. The first-order valence-electron chi connectivity index (χ1n) is 3.70. The zero-order valence-electron chi connectivity index (χ0n) is 7.42. The Hall–Kier alpha value is -1.28. The standard InChI is InChI=1S/C7H14N4O/c1-11(2)6-5-10-7(12)9-4-3-8/h4-6H2,1-2H3,(H2,9,10,12). The van der Waals surface area contributed by atoms with E-state index in [0.717, 1.165) is 6.54 Å². The van der Waals surface area contributed by atoms with E-state index >= 15 is 0 Å². The van der Waals surface area contributed by atoms with E-state index < -0.39 is 0 Å². The summed E-state index contributed by atoms with van der Waals surface area (Å²) in [5.41, 5.74) is 0. The third-order valence-electron chi connectivity index (χ3n) is 1.17. The van der Waals surface area contributed by atoms with Crippen molar-refractivity contribution < 1.29 is 4.79 Å². The van der Waals surface area contributed by atoms with Crippen molar-refractivity contribution in [1.29, 1.82) is 5.26 Å². The number of urea groups is 1. The Morgan fingerprint density at radius 3 is 2.67 bits per heavy atom. The molecule has 0 aromatic heterocycles. The van der Waals surface area contributed by atoms with Crippen molar-refractivity contribution >= 4 is 6.03 Å². The molecule has 5 nitrogen and oxygen atoms in total. The van der Waals surface area contributed by atoms with Gasteiger partial charge in [-0.1, -0.05) is 0 Å². The fourth-order valence-corrected chi connectivity index (χ4v) is 0.575. The van der Waals surface area contributed by atoms with Crippen LogP contribution in [-0.2, 0) is 0 Å². The highest BCUT2D eigenvalue weighted by Crippen LogP contribution is 1.70. The molecule has 0 spiro atoms. The third-order valence-corrected chi connectivity index (χ3v) is 1.17. The number of hydrogen-bond acceptors (Lipinski definition) is 3. The van der Waals surface area contributed by atoms with Crippen molar-refractivity contribution in [2.24, 2.45) is 0 Å². The smallest absolute Gasteiger partial charge is 0.315 e. The Morgan fingerprint density at radius 1 is 1.50 bits per heavy atom. The van der Waals surface area contributed by atoms with Crippen LogP contribution in [0.15, 0.2) is 0 Å². The number of nitriles is 1. The average molecular weight is 170 g/mol. The zero-order chi connectivity index (χ0) is 9.40. The number of likely N-dealkylation sites (N-methyl/N-ethyl adjacent to an activating group) is 1. The second kappa shape index (κ2) is 6.43. The number of nitrogens with zero attached hydrogens (tertiary/aromatic N) is 2. The van der Waals surface area contributed by atoms with Gasteiger partial charge in [-0.2, -0.15) is 5.26 Å². The molecule has 0 aromatic rings. The number of rotatable bonds is 4. The minimum atomic E-state index is -0.293. The number of amides is 2. The second-order valence-corrected chi connectivity index (χ2v) is 2.57. The van der Waals surface area contributed by atoms with Crippen molar-refractivity contribution in [2.45, 2.75) is 0 Å². The molecule has 0 aromatic carbocycles. The Labute approximate surface area is 72.3 Å². The van der Waals surface area contributed by atoms with Crippen LogP contribution in [0.5, 0.6) is 0 Å². The van der Waals surface area contributed by atoms with Crippen LogP contribution in [0.3, 0.4) is 0 Å². The van der Waals surface area contributed by atoms with Crippen molar-refractivity contribution in [3.8, 4) is 6.07 Å². The van der Waals surface area contributed by atoms with Gasteiger partial charge in [0.25, 0.3) is 0 Å². The maximum Gasteiger partial charge on any atom is 0.315 e. The Kier molecular flexibility index (Phi) is 5.75. The predicted octanol–water partition coefficient (Wildman–Crippen LogP) is -0.629. The SMILES string of the molecule is CN(C)CCNC(=O)NCC#N. The van der Waals surface area contributed by atoms with Gasteiger partial charge < -0.3 is 15.5 Å².